The number of carbonyl (C=O) groups is 1. The molecule has 1 heterocycles. The quantitative estimate of drug-likeness (QED) is 0.800. The molecule has 0 spiro atoms. The second kappa shape index (κ2) is 5.07. The summed E-state index contributed by atoms with van der Waals surface area (Å²) in [6.45, 7) is 0. The monoisotopic (exact) mass is 251 g/mol. The largest absolute Gasteiger partial charge is 0.481 e. The first-order valence-corrected chi connectivity index (χ1v) is 4.80. The number of hydrogen-bond donors (Lipinski definition) is 2. The van der Waals surface area contributed by atoms with Crippen molar-refractivity contribution in [2.24, 2.45) is 0 Å². The van der Waals surface area contributed by atoms with Gasteiger partial charge in [-0.05, 0) is 5.56 Å². The molecule has 0 saturated carbocycles. The molecule has 4 nitrogen and oxygen atoms in total. The first-order chi connectivity index (χ1) is 7.47. The van der Waals surface area contributed by atoms with Crippen molar-refractivity contribution in [3.63, 3.8) is 0 Å². The third-order valence-corrected chi connectivity index (χ3v) is 2.31. The lowest BCUT2D eigenvalue weighted by atomic mass is 10.0. The molecule has 1 rings (SSSR count). The van der Waals surface area contributed by atoms with Gasteiger partial charge in [0.2, 0.25) is 0 Å². The summed E-state index contributed by atoms with van der Waals surface area (Å²) in [6, 6.07) is 0. The lowest BCUT2D eigenvalue weighted by molar-refractivity contribution is -0.136. The molecule has 0 radical (unpaired) electrons. The normalized spacial score (nSPS) is 10.8. The van der Waals surface area contributed by atoms with Crippen LogP contribution >= 0.6 is 11.6 Å². The Morgan fingerprint density at radius 3 is 2.56 bits per heavy atom. The number of H-pyrrole nitrogens is 1. The van der Waals surface area contributed by atoms with Crippen molar-refractivity contribution < 1.29 is 18.7 Å². The minimum atomic E-state index is -2.85. The van der Waals surface area contributed by atoms with Crippen LogP contribution in [0.5, 0.6) is 0 Å². The second-order valence-electron chi connectivity index (χ2n) is 3.04. The maximum atomic E-state index is 12.6. The molecule has 1 aromatic rings. The average molecular weight is 252 g/mol. The van der Waals surface area contributed by atoms with Crippen LogP contribution in [-0.2, 0) is 17.1 Å². The Morgan fingerprint density at radius 2 is 2.12 bits per heavy atom. The van der Waals surface area contributed by atoms with E-state index in [0.717, 1.165) is 6.20 Å². The van der Waals surface area contributed by atoms with Crippen LogP contribution in [0.2, 0.25) is 0 Å². The molecule has 0 fully saturated rings. The predicted octanol–water partition coefficient (Wildman–Crippen LogP) is 1.68. The molecule has 88 valence electrons. The minimum absolute atomic E-state index is 0.123. The van der Waals surface area contributed by atoms with E-state index in [0.29, 0.717) is 0 Å². The number of halogens is 3. The maximum absolute atomic E-state index is 12.6. The second-order valence-corrected chi connectivity index (χ2v) is 3.30. The Bertz CT molecular complexity index is 459. The van der Waals surface area contributed by atoms with Gasteiger partial charge in [-0.1, -0.05) is 0 Å². The highest BCUT2D eigenvalue weighted by atomic mass is 35.5. The summed E-state index contributed by atoms with van der Waals surface area (Å²) in [6.07, 6.45) is -2.68. The van der Waals surface area contributed by atoms with E-state index in [1.807, 2.05) is 0 Å². The lowest BCUT2D eigenvalue weighted by Crippen LogP contribution is -2.18. The highest BCUT2D eigenvalue weighted by molar-refractivity contribution is 6.17. The van der Waals surface area contributed by atoms with Crippen LogP contribution in [-0.4, -0.2) is 16.1 Å². The highest BCUT2D eigenvalue weighted by Gasteiger charge is 2.20. The fraction of sp³-hybridized carbons (Fsp3) is 0.333. The van der Waals surface area contributed by atoms with Gasteiger partial charge in [-0.15, -0.1) is 11.6 Å². The summed E-state index contributed by atoms with van der Waals surface area (Å²) in [7, 11) is 0. The van der Waals surface area contributed by atoms with Crippen molar-refractivity contribution in [1.29, 1.82) is 0 Å². The van der Waals surface area contributed by atoms with Gasteiger partial charge in [0.05, 0.1) is 12.3 Å². The van der Waals surface area contributed by atoms with E-state index < -0.39 is 29.9 Å². The molecule has 0 aliphatic heterocycles. The number of rotatable bonds is 4. The first-order valence-electron chi connectivity index (χ1n) is 4.26. The van der Waals surface area contributed by atoms with E-state index in [1.54, 1.807) is 0 Å². The van der Waals surface area contributed by atoms with Gasteiger partial charge in [0.1, 0.15) is 0 Å². The fourth-order valence-corrected chi connectivity index (χ4v) is 1.61. The van der Waals surface area contributed by atoms with E-state index in [2.05, 4.69) is 4.98 Å². The van der Waals surface area contributed by atoms with Gasteiger partial charge in [0.15, 0.2) is 0 Å². The van der Waals surface area contributed by atoms with Gasteiger partial charge in [0.25, 0.3) is 12.0 Å². The number of carboxylic acids is 1. The van der Waals surface area contributed by atoms with E-state index in [4.69, 9.17) is 16.7 Å². The number of hydrogen-bond acceptors (Lipinski definition) is 2. The summed E-state index contributed by atoms with van der Waals surface area (Å²) < 4.78 is 25.1. The van der Waals surface area contributed by atoms with E-state index in [-0.39, 0.29) is 17.0 Å². The van der Waals surface area contributed by atoms with Crippen LogP contribution in [0, 0.1) is 0 Å². The van der Waals surface area contributed by atoms with Crippen LogP contribution in [0.4, 0.5) is 8.78 Å². The third kappa shape index (κ3) is 2.57. The smallest absolute Gasteiger partial charge is 0.307 e. The predicted molar refractivity (Wildman–Crippen MR) is 52.9 cm³/mol. The SMILES string of the molecule is O=C(O)Cc1c(C(F)F)c[nH]c(=O)c1CCl. The summed E-state index contributed by atoms with van der Waals surface area (Å²) in [5.74, 6) is -1.60. The van der Waals surface area contributed by atoms with Crippen LogP contribution in [0.3, 0.4) is 0 Å². The molecular weight excluding hydrogens is 244 g/mol. The van der Waals surface area contributed by atoms with Crippen LogP contribution < -0.4 is 5.56 Å². The molecular formula is C9H8ClF2NO3. The number of aromatic nitrogens is 1. The van der Waals surface area contributed by atoms with E-state index >= 15 is 0 Å². The molecule has 0 atom stereocenters. The van der Waals surface area contributed by atoms with E-state index in [1.165, 1.54) is 0 Å². The molecule has 0 amide bonds. The number of aromatic amines is 1. The van der Waals surface area contributed by atoms with Crippen molar-refractivity contribution in [2.45, 2.75) is 18.7 Å². The van der Waals surface area contributed by atoms with Crippen molar-refractivity contribution in [3.8, 4) is 0 Å². The molecule has 16 heavy (non-hydrogen) atoms. The molecule has 1 aromatic heterocycles. The highest BCUT2D eigenvalue weighted by Crippen LogP contribution is 2.24. The first kappa shape index (κ1) is 12.6. The Balaban J connectivity index is 3.40. The molecule has 2 N–H and O–H groups in total. The summed E-state index contributed by atoms with van der Waals surface area (Å²) in [5.41, 5.74) is -1.48. The minimum Gasteiger partial charge on any atom is -0.481 e. The van der Waals surface area contributed by atoms with Crippen molar-refractivity contribution >= 4 is 17.6 Å². The Kier molecular flexibility index (Phi) is 4.00. The summed E-state index contributed by atoms with van der Waals surface area (Å²) in [4.78, 5) is 23.9. The topological polar surface area (TPSA) is 70.2 Å². The van der Waals surface area contributed by atoms with Gasteiger partial charge in [-0.2, -0.15) is 0 Å². The van der Waals surface area contributed by atoms with Gasteiger partial charge in [0, 0.05) is 17.3 Å². The van der Waals surface area contributed by atoms with E-state index in [9.17, 15) is 18.4 Å². The summed E-state index contributed by atoms with van der Waals surface area (Å²) in [5, 5.41) is 8.58. The zero-order valence-electron chi connectivity index (χ0n) is 7.97. The maximum Gasteiger partial charge on any atom is 0.307 e. The molecule has 0 aliphatic carbocycles. The van der Waals surface area contributed by atoms with Crippen LogP contribution in [0.1, 0.15) is 23.1 Å². The Hall–Kier alpha value is -1.43. The molecule has 0 aromatic carbocycles. The average Bonchev–Trinajstić information content (AvgIpc) is 2.16. The zero-order valence-corrected chi connectivity index (χ0v) is 8.72. The third-order valence-electron chi connectivity index (χ3n) is 2.04. The molecule has 7 heteroatoms. The van der Waals surface area contributed by atoms with Crippen LogP contribution in [0.15, 0.2) is 11.0 Å². The van der Waals surface area contributed by atoms with Crippen molar-refractivity contribution in [2.75, 3.05) is 0 Å². The number of pyridine rings is 1. The zero-order chi connectivity index (χ0) is 12.3. The van der Waals surface area contributed by atoms with Gasteiger partial charge < -0.3 is 10.1 Å². The number of aliphatic carboxylic acids is 1. The standard InChI is InChI=1S/C9H8ClF2NO3/c10-2-5-4(1-7(14)15)6(8(11)12)3-13-9(5)16/h3,8H,1-2H2,(H,13,16)(H,14,15). The molecule has 0 bridgehead atoms. The lowest BCUT2D eigenvalue weighted by Gasteiger charge is -2.09. The number of alkyl halides is 3. The molecule has 0 saturated heterocycles. The Morgan fingerprint density at radius 1 is 1.50 bits per heavy atom. The van der Waals surface area contributed by atoms with Crippen molar-refractivity contribution in [1.82, 2.24) is 4.98 Å². The van der Waals surface area contributed by atoms with Gasteiger partial charge in [-0.3, -0.25) is 9.59 Å². The van der Waals surface area contributed by atoms with Gasteiger partial charge in [-0.25, -0.2) is 8.78 Å². The van der Waals surface area contributed by atoms with Crippen molar-refractivity contribution in [3.05, 3.63) is 33.2 Å². The number of nitrogens with one attached hydrogen (secondary N) is 1. The number of carboxylic acid groups (broad SMARTS) is 1. The molecule has 0 aliphatic rings. The fourth-order valence-electron chi connectivity index (χ4n) is 1.32. The Labute approximate surface area is 93.9 Å². The molecule has 0 unspecified atom stereocenters. The van der Waals surface area contributed by atoms with Crippen LogP contribution in [0.25, 0.3) is 0 Å². The summed E-state index contributed by atoms with van der Waals surface area (Å²) >= 11 is 5.44. The van der Waals surface area contributed by atoms with Gasteiger partial charge >= 0.3 is 5.97 Å².